The van der Waals surface area contributed by atoms with Gasteiger partial charge < -0.3 is 5.73 Å². The van der Waals surface area contributed by atoms with Gasteiger partial charge in [-0.2, -0.15) is 0 Å². The number of halogens is 3. The second-order valence-corrected chi connectivity index (χ2v) is 4.85. The normalized spacial score (nSPS) is 10.5. The standard InChI is InChI=1S/C14H10Cl2FNO/c15-11-2-1-3-13(17)10(11)7-14(19)9-5-4-8(18)6-12(9)16/h1-6H,7,18H2. The SMILES string of the molecule is Nc1ccc(C(=O)Cc2c(F)cccc2Cl)c(Cl)c1. The number of Topliss-reactive ketones (excluding diaryl/α,β-unsaturated/α-hetero) is 1. The highest BCUT2D eigenvalue weighted by molar-refractivity contribution is 6.34. The summed E-state index contributed by atoms with van der Waals surface area (Å²) in [6.07, 6.45) is -0.144. The number of benzene rings is 2. The Kier molecular flexibility index (Phi) is 4.08. The van der Waals surface area contributed by atoms with Gasteiger partial charge in [-0.1, -0.05) is 29.3 Å². The number of nitrogens with two attached hydrogens (primary N) is 1. The molecule has 0 heterocycles. The van der Waals surface area contributed by atoms with Crippen molar-refractivity contribution >= 4 is 34.7 Å². The number of carbonyl (C=O) groups is 1. The molecule has 0 saturated carbocycles. The molecule has 0 bridgehead atoms. The van der Waals surface area contributed by atoms with Crippen LogP contribution < -0.4 is 5.73 Å². The van der Waals surface area contributed by atoms with Crippen LogP contribution in [0.4, 0.5) is 10.1 Å². The number of carbonyl (C=O) groups excluding carboxylic acids is 1. The van der Waals surface area contributed by atoms with Crippen molar-refractivity contribution in [3.05, 3.63) is 63.4 Å². The van der Waals surface area contributed by atoms with Crippen LogP contribution in [0.5, 0.6) is 0 Å². The first-order valence-electron chi connectivity index (χ1n) is 5.50. The van der Waals surface area contributed by atoms with E-state index in [0.29, 0.717) is 11.3 Å². The first-order chi connectivity index (χ1) is 8.99. The van der Waals surface area contributed by atoms with E-state index in [0.717, 1.165) is 0 Å². The lowest BCUT2D eigenvalue weighted by molar-refractivity contribution is 0.0992. The second-order valence-electron chi connectivity index (χ2n) is 4.04. The molecule has 19 heavy (non-hydrogen) atoms. The van der Waals surface area contributed by atoms with Crippen LogP contribution in [0.15, 0.2) is 36.4 Å². The van der Waals surface area contributed by atoms with Gasteiger partial charge in [0.2, 0.25) is 0 Å². The summed E-state index contributed by atoms with van der Waals surface area (Å²) >= 11 is 11.8. The zero-order valence-electron chi connectivity index (χ0n) is 9.79. The molecule has 2 aromatic rings. The zero-order valence-corrected chi connectivity index (χ0v) is 11.3. The van der Waals surface area contributed by atoms with Gasteiger partial charge in [0.1, 0.15) is 5.82 Å². The first-order valence-corrected chi connectivity index (χ1v) is 6.25. The van der Waals surface area contributed by atoms with Crippen LogP contribution in [0.2, 0.25) is 10.0 Å². The third-order valence-corrected chi connectivity index (χ3v) is 3.36. The summed E-state index contributed by atoms with van der Waals surface area (Å²) in [5, 5.41) is 0.470. The van der Waals surface area contributed by atoms with E-state index in [1.54, 1.807) is 6.07 Å². The van der Waals surface area contributed by atoms with Crippen molar-refractivity contribution in [2.75, 3.05) is 5.73 Å². The molecular weight excluding hydrogens is 288 g/mol. The van der Waals surface area contributed by atoms with E-state index < -0.39 is 5.82 Å². The van der Waals surface area contributed by atoms with Gasteiger partial charge in [-0.05, 0) is 30.3 Å². The minimum atomic E-state index is -0.507. The fraction of sp³-hybridized carbons (Fsp3) is 0.0714. The van der Waals surface area contributed by atoms with Crippen molar-refractivity contribution in [1.82, 2.24) is 0 Å². The summed E-state index contributed by atoms with van der Waals surface area (Å²) in [6, 6.07) is 8.87. The topological polar surface area (TPSA) is 43.1 Å². The summed E-state index contributed by atoms with van der Waals surface area (Å²) in [5.74, 6) is -0.815. The van der Waals surface area contributed by atoms with Crippen LogP contribution >= 0.6 is 23.2 Å². The maximum atomic E-state index is 13.6. The molecule has 2 aromatic carbocycles. The Balaban J connectivity index is 2.31. The highest BCUT2D eigenvalue weighted by Gasteiger charge is 2.15. The Labute approximate surface area is 119 Å². The number of hydrogen-bond acceptors (Lipinski definition) is 2. The van der Waals surface area contributed by atoms with Gasteiger partial charge in [-0.3, -0.25) is 4.79 Å². The van der Waals surface area contributed by atoms with Crippen LogP contribution in [0.1, 0.15) is 15.9 Å². The molecule has 0 aromatic heterocycles. The van der Waals surface area contributed by atoms with E-state index in [2.05, 4.69) is 0 Å². The third kappa shape index (κ3) is 3.06. The van der Waals surface area contributed by atoms with Crippen LogP contribution in [0, 0.1) is 5.82 Å². The summed E-state index contributed by atoms with van der Waals surface area (Å²) in [7, 11) is 0. The Morgan fingerprint density at radius 2 is 1.89 bits per heavy atom. The van der Waals surface area contributed by atoms with Gasteiger partial charge >= 0.3 is 0 Å². The summed E-state index contributed by atoms with van der Waals surface area (Å²) in [5.41, 5.74) is 6.48. The summed E-state index contributed by atoms with van der Waals surface area (Å²) in [6.45, 7) is 0. The van der Waals surface area contributed by atoms with E-state index in [4.69, 9.17) is 28.9 Å². The van der Waals surface area contributed by atoms with Gasteiger partial charge in [0, 0.05) is 28.3 Å². The molecule has 0 fully saturated rings. The predicted molar refractivity (Wildman–Crippen MR) is 75.3 cm³/mol. The molecule has 0 aliphatic rings. The Hall–Kier alpha value is -1.58. The van der Waals surface area contributed by atoms with Crippen molar-refractivity contribution in [2.45, 2.75) is 6.42 Å². The predicted octanol–water partition coefficient (Wildman–Crippen LogP) is 4.14. The van der Waals surface area contributed by atoms with Crippen molar-refractivity contribution < 1.29 is 9.18 Å². The molecule has 0 spiro atoms. The second kappa shape index (κ2) is 5.59. The quantitative estimate of drug-likeness (QED) is 0.683. The van der Waals surface area contributed by atoms with Crippen molar-refractivity contribution in [3.63, 3.8) is 0 Å². The highest BCUT2D eigenvalue weighted by Crippen LogP contribution is 2.24. The summed E-state index contributed by atoms with van der Waals surface area (Å²) < 4.78 is 13.6. The largest absolute Gasteiger partial charge is 0.399 e. The summed E-state index contributed by atoms with van der Waals surface area (Å²) in [4.78, 5) is 12.1. The van der Waals surface area contributed by atoms with Gasteiger partial charge in [0.05, 0.1) is 5.02 Å². The van der Waals surface area contributed by atoms with Crippen LogP contribution in [-0.4, -0.2) is 5.78 Å². The molecule has 0 atom stereocenters. The van der Waals surface area contributed by atoms with Crippen molar-refractivity contribution in [1.29, 1.82) is 0 Å². The van der Waals surface area contributed by atoms with Gasteiger partial charge in [-0.15, -0.1) is 0 Å². The molecule has 0 unspecified atom stereocenters. The van der Waals surface area contributed by atoms with Gasteiger partial charge in [-0.25, -0.2) is 4.39 Å². The molecule has 0 aliphatic heterocycles. The number of anilines is 1. The van der Waals surface area contributed by atoms with Crippen molar-refractivity contribution in [3.8, 4) is 0 Å². The fourth-order valence-electron chi connectivity index (χ4n) is 1.71. The lowest BCUT2D eigenvalue weighted by atomic mass is 10.0. The maximum Gasteiger partial charge on any atom is 0.168 e. The molecule has 0 radical (unpaired) electrons. The maximum absolute atomic E-state index is 13.6. The van der Waals surface area contributed by atoms with Crippen LogP contribution in [-0.2, 0) is 6.42 Å². The minimum Gasteiger partial charge on any atom is -0.399 e. The third-order valence-electron chi connectivity index (χ3n) is 2.69. The van der Waals surface area contributed by atoms with E-state index in [1.807, 2.05) is 0 Å². The zero-order chi connectivity index (χ0) is 14.0. The number of nitrogen functional groups attached to an aromatic ring is 1. The molecule has 2 rings (SSSR count). The van der Waals surface area contributed by atoms with Gasteiger partial charge in [0.15, 0.2) is 5.78 Å². The molecule has 5 heteroatoms. The van der Waals surface area contributed by atoms with E-state index >= 15 is 0 Å². The van der Waals surface area contributed by atoms with E-state index in [9.17, 15) is 9.18 Å². The molecule has 2 nitrogen and oxygen atoms in total. The number of hydrogen-bond donors (Lipinski definition) is 1. The van der Waals surface area contributed by atoms with E-state index in [-0.39, 0.29) is 27.8 Å². The van der Waals surface area contributed by atoms with E-state index in [1.165, 1.54) is 30.3 Å². The average Bonchev–Trinajstić information content (AvgIpc) is 2.33. The van der Waals surface area contributed by atoms with Crippen LogP contribution in [0.25, 0.3) is 0 Å². The van der Waals surface area contributed by atoms with Gasteiger partial charge in [0.25, 0.3) is 0 Å². The molecule has 98 valence electrons. The molecular formula is C14H10Cl2FNO. The first kappa shape index (κ1) is 13.8. The van der Waals surface area contributed by atoms with Crippen molar-refractivity contribution in [2.24, 2.45) is 0 Å². The number of rotatable bonds is 3. The molecule has 0 amide bonds. The molecule has 0 saturated heterocycles. The highest BCUT2D eigenvalue weighted by atomic mass is 35.5. The lowest BCUT2D eigenvalue weighted by Crippen LogP contribution is -2.07. The lowest BCUT2D eigenvalue weighted by Gasteiger charge is -2.07. The minimum absolute atomic E-state index is 0.144. The smallest absolute Gasteiger partial charge is 0.168 e. The molecule has 0 aliphatic carbocycles. The Morgan fingerprint density at radius 1 is 1.16 bits per heavy atom. The number of ketones is 1. The Morgan fingerprint density at radius 3 is 2.53 bits per heavy atom. The van der Waals surface area contributed by atoms with Crippen LogP contribution in [0.3, 0.4) is 0 Å². The average molecular weight is 298 g/mol. The molecule has 2 N–H and O–H groups in total. The Bertz CT molecular complexity index is 623. The fourth-order valence-corrected chi connectivity index (χ4v) is 2.24. The monoisotopic (exact) mass is 297 g/mol.